The van der Waals surface area contributed by atoms with Gasteiger partial charge in [-0.2, -0.15) is 0 Å². The van der Waals surface area contributed by atoms with Crippen molar-refractivity contribution in [3.63, 3.8) is 0 Å². The standard InChI is InChI=1S/C14H21N3O2S/c1-4-7-14(2,3)17-20(18,19)13-9-16-12-6-5-10(15)8-11(12)13/h5-6,8-9,16-17H,4,7,15H2,1-3H3. The van der Waals surface area contributed by atoms with E-state index in [-0.39, 0.29) is 4.90 Å². The van der Waals surface area contributed by atoms with Crippen molar-refractivity contribution < 1.29 is 8.42 Å². The molecule has 0 unspecified atom stereocenters. The maximum atomic E-state index is 12.5. The number of aromatic amines is 1. The lowest BCUT2D eigenvalue weighted by atomic mass is 10.0. The van der Waals surface area contributed by atoms with Gasteiger partial charge in [0.25, 0.3) is 0 Å². The number of aromatic nitrogens is 1. The number of hydrogen-bond donors (Lipinski definition) is 3. The second-order valence-electron chi connectivity index (χ2n) is 5.70. The number of rotatable bonds is 5. The molecule has 0 amide bonds. The summed E-state index contributed by atoms with van der Waals surface area (Å²) >= 11 is 0. The number of nitrogens with two attached hydrogens (primary N) is 1. The van der Waals surface area contributed by atoms with Crippen LogP contribution in [0, 0.1) is 0 Å². The summed E-state index contributed by atoms with van der Waals surface area (Å²) < 4.78 is 27.8. The third kappa shape index (κ3) is 2.96. The van der Waals surface area contributed by atoms with E-state index in [1.165, 1.54) is 6.20 Å². The summed E-state index contributed by atoms with van der Waals surface area (Å²) in [7, 11) is -3.58. The molecule has 1 aromatic carbocycles. The molecule has 0 spiro atoms. The molecular formula is C14H21N3O2S. The molecule has 5 nitrogen and oxygen atoms in total. The molecule has 0 atom stereocenters. The van der Waals surface area contributed by atoms with Gasteiger partial charge in [-0.05, 0) is 38.5 Å². The van der Waals surface area contributed by atoms with Crippen molar-refractivity contribution in [2.24, 2.45) is 0 Å². The van der Waals surface area contributed by atoms with Gasteiger partial charge in [0.1, 0.15) is 4.90 Å². The summed E-state index contributed by atoms with van der Waals surface area (Å²) in [6.45, 7) is 5.80. The highest BCUT2D eigenvalue weighted by Crippen LogP contribution is 2.26. The highest BCUT2D eigenvalue weighted by Gasteiger charge is 2.27. The van der Waals surface area contributed by atoms with Gasteiger partial charge in [-0.3, -0.25) is 0 Å². The minimum absolute atomic E-state index is 0.240. The third-order valence-corrected chi connectivity index (χ3v) is 4.98. The molecule has 20 heavy (non-hydrogen) atoms. The average molecular weight is 295 g/mol. The fraction of sp³-hybridized carbons (Fsp3) is 0.429. The molecule has 0 radical (unpaired) electrons. The van der Waals surface area contributed by atoms with Crippen LogP contribution in [0.15, 0.2) is 29.3 Å². The lowest BCUT2D eigenvalue weighted by Gasteiger charge is -2.25. The van der Waals surface area contributed by atoms with Crippen molar-refractivity contribution in [2.45, 2.75) is 44.0 Å². The molecule has 0 bridgehead atoms. The van der Waals surface area contributed by atoms with Gasteiger partial charge in [0.2, 0.25) is 10.0 Å². The van der Waals surface area contributed by atoms with E-state index in [9.17, 15) is 8.42 Å². The number of benzene rings is 1. The number of nitrogen functional groups attached to an aromatic ring is 1. The molecule has 0 aliphatic rings. The van der Waals surface area contributed by atoms with E-state index >= 15 is 0 Å². The van der Waals surface area contributed by atoms with Crippen molar-refractivity contribution in [2.75, 3.05) is 5.73 Å². The number of sulfonamides is 1. The second kappa shape index (κ2) is 5.10. The monoisotopic (exact) mass is 295 g/mol. The van der Waals surface area contributed by atoms with Gasteiger partial charge >= 0.3 is 0 Å². The van der Waals surface area contributed by atoms with Crippen LogP contribution in [0.1, 0.15) is 33.6 Å². The number of H-pyrrole nitrogens is 1. The van der Waals surface area contributed by atoms with Gasteiger partial charge < -0.3 is 10.7 Å². The topological polar surface area (TPSA) is 88.0 Å². The van der Waals surface area contributed by atoms with Gasteiger partial charge in [0.05, 0.1) is 0 Å². The molecular weight excluding hydrogens is 274 g/mol. The van der Waals surface area contributed by atoms with Crippen LogP contribution in [-0.2, 0) is 10.0 Å². The van der Waals surface area contributed by atoms with Crippen LogP contribution in [0.3, 0.4) is 0 Å². The largest absolute Gasteiger partial charge is 0.399 e. The predicted molar refractivity (Wildman–Crippen MR) is 82.0 cm³/mol. The summed E-state index contributed by atoms with van der Waals surface area (Å²) in [5.74, 6) is 0. The smallest absolute Gasteiger partial charge is 0.243 e. The van der Waals surface area contributed by atoms with Crippen molar-refractivity contribution in [1.29, 1.82) is 0 Å². The Morgan fingerprint density at radius 2 is 2.05 bits per heavy atom. The minimum Gasteiger partial charge on any atom is -0.399 e. The highest BCUT2D eigenvalue weighted by atomic mass is 32.2. The van der Waals surface area contributed by atoms with E-state index in [0.29, 0.717) is 11.1 Å². The third-order valence-electron chi connectivity index (χ3n) is 3.24. The molecule has 1 aromatic heterocycles. The normalized spacial score (nSPS) is 12.9. The van der Waals surface area contributed by atoms with Crippen LogP contribution in [-0.4, -0.2) is 18.9 Å². The molecule has 2 aromatic rings. The van der Waals surface area contributed by atoms with Crippen molar-refractivity contribution in [1.82, 2.24) is 9.71 Å². The van der Waals surface area contributed by atoms with E-state index in [1.54, 1.807) is 18.2 Å². The zero-order valence-corrected chi connectivity index (χ0v) is 12.8. The van der Waals surface area contributed by atoms with Crippen molar-refractivity contribution in [3.05, 3.63) is 24.4 Å². The molecule has 2 rings (SSSR count). The summed E-state index contributed by atoms with van der Waals surface area (Å²) in [5, 5.41) is 0.616. The fourth-order valence-corrected chi connectivity index (χ4v) is 4.04. The summed E-state index contributed by atoms with van der Waals surface area (Å²) in [4.78, 5) is 3.20. The molecule has 4 N–H and O–H groups in total. The van der Waals surface area contributed by atoms with E-state index in [2.05, 4.69) is 9.71 Å². The zero-order chi connectivity index (χ0) is 15.0. The Hall–Kier alpha value is -1.53. The zero-order valence-electron chi connectivity index (χ0n) is 12.0. The van der Waals surface area contributed by atoms with Crippen LogP contribution in [0.25, 0.3) is 10.9 Å². The first-order valence-electron chi connectivity index (χ1n) is 6.66. The number of anilines is 1. The lowest BCUT2D eigenvalue weighted by molar-refractivity contribution is 0.418. The molecule has 0 aliphatic carbocycles. The maximum absolute atomic E-state index is 12.5. The Labute approximate surface area is 119 Å². The van der Waals surface area contributed by atoms with Crippen LogP contribution >= 0.6 is 0 Å². The molecule has 0 aliphatic heterocycles. The van der Waals surface area contributed by atoms with E-state index < -0.39 is 15.6 Å². The Bertz CT molecular complexity index is 717. The predicted octanol–water partition coefficient (Wildman–Crippen LogP) is 2.61. The van der Waals surface area contributed by atoms with Gasteiger partial charge in [0, 0.05) is 28.3 Å². The van der Waals surface area contributed by atoms with Crippen LogP contribution in [0.5, 0.6) is 0 Å². The number of nitrogens with one attached hydrogen (secondary N) is 2. The van der Waals surface area contributed by atoms with Crippen molar-refractivity contribution >= 4 is 26.6 Å². The highest BCUT2D eigenvalue weighted by molar-refractivity contribution is 7.89. The van der Waals surface area contributed by atoms with Gasteiger partial charge in [-0.25, -0.2) is 13.1 Å². The van der Waals surface area contributed by atoms with Crippen LogP contribution < -0.4 is 10.5 Å². The first-order valence-corrected chi connectivity index (χ1v) is 8.14. The minimum atomic E-state index is -3.58. The Morgan fingerprint density at radius 1 is 1.35 bits per heavy atom. The molecule has 6 heteroatoms. The van der Waals surface area contributed by atoms with Crippen LogP contribution in [0.4, 0.5) is 5.69 Å². The number of fused-ring (bicyclic) bond motifs is 1. The Balaban J connectivity index is 2.44. The fourth-order valence-electron chi connectivity index (χ4n) is 2.43. The Kier molecular flexibility index (Phi) is 3.80. The quantitative estimate of drug-likeness (QED) is 0.741. The summed E-state index contributed by atoms with van der Waals surface area (Å²) in [6, 6.07) is 5.19. The molecule has 0 saturated heterocycles. The SMILES string of the molecule is CCCC(C)(C)NS(=O)(=O)c1c[nH]c2ccc(N)cc12. The maximum Gasteiger partial charge on any atom is 0.243 e. The molecule has 110 valence electrons. The van der Waals surface area contributed by atoms with Gasteiger partial charge in [-0.1, -0.05) is 13.3 Å². The van der Waals surface area contributed by atoms with E-state index in [1.807, 2.05) is 20.8 Å². The average Bonchev–Trinajstić information content (AvgIpc) is 2.70. The van der Waals surface area contributed by atoms with E-state index in [0.717, 1.165) is 18.4 Å². The number of hydrogen-bond acceptors (Lipinski definition) is 3. The first kappa shape index (κ1) is 14.9. The van der Waals surface area contributed by atoms with Crippen LogP contribution in [0.2, 0.25) is 0 Å². The molecule has 0 fully saturated rings. The lowest BCUT2D eigenvalue weighted by Crippen LogP contribution is -2.43. The molecule has 0 saturated carbocycles. The molecule has 1 heterocycles. The summed E-state index contributed by atoms with van der Waals surface area (Å²) in [6.07, 6.45) is 3.20. The van der Waals surface area contributed by atoms with Gasteiger partial charge in [0.15, 0.2) is 0 Å². The van der Waals surface area contributed by atoms with Crippen molar-refractivity contribution in [3.8, 4) is 0 Å². The summed E-state index contributed by atoms with van der Waals surface area (Å²) in [5.41, 5.74) is 6.57. The Morgan fingerprint density at radius 3 is 2.70 bits per heavy atom. The van der Waals surface area contributed by atoms with E-state index in [4.69, 9.17) is 5.73 Å². The first-order chi connectivity index (χ1) is 9.25. The van der Waals surface area contributed by atoms with Gasteiger partial charge in [-0.15, -0.1) is 0 Å². The second-order valence-corrected chi connectivity index (χ2v) is 7.35.